The van der Waals surface area contributed by atoms with Gasteiger partial charge in [-0.2, -0.15) is 0 Å². The van der Waals surface area contributed by atoms with Crippen LogP contribution in [0.25, 0.3) is 21.7 Å². The minimum absolute atomic E-state index is 0.525. The Bertz CT molecular complexity index is 709. The molecule has 2 aromatic heterocycles. The lowest BCUT2D eigenvalue weighted by Crippen LogP contribution is -1.97. The number of imidazole rings is 1. The van der Waals surface area contributed by atoms with Crippen molar-refractivity contribution < 1.29 is 0 Å². The largest absolute Gasteiger partial charge is 0.326 e. The predicted octanol–water partition coefficient (Wildman–Crippen LogP) is 3.07. The molecule has 0 amide bonds. The minimum Gasteiger partial charge on any atom is -0.326 e. The molecule has 0 aliphatic rings. The van der Waals surface area contributed by atoms with Gasteiger partial charge in [-0.05, 0) is 30.7 Å². The first-order chi connectivity index (χ1) is 8.70. The second-order valence-corrected chi connectivity index (χ2v) is 5.68. The highest BCUT2D eigenvalue weighted by atomic mass is 32.1. The third kappa shape index (κ3) is 1.65. The van der Waals surface area contributed by atoms with Crippen molar-refractivity contribution in [3.8, 4) is 10.7 Å². The Hall–Kier alpha value is -1.65. The van der Waals surface area contributed by atoms with E-state index in [4.69, 9.17) is 10.7 Å². The molecule has 2 N–H and O–H groups in total. The molecule has 18 heavy (non-hydrogen) atoms. The van der Waals surface area contributed by atoms with Crippen molar-refractivity contribution in [1.29, 1.82) is 0 Å². The standard InChI is InChI=1S/C14H15N3S/c1-9-6-7-12(18-9)14-16-13-10(8-15)4-3-5-11(13)17(14)2/h3-7H,8,15H2,1-2H3. The molecular formula is C14H15N3S. The van der Waals surface area contributed by atoms with Crippen LogP contribution in [0.2, 0.25) is 0 Å². The lowest BCUT2D eigenvalue weighted by atomic mass is 10.2. The molecule has 0 aliphatic carbocycles. The third-order valence-electron chi connectivity index (χ3n) is 3.18. The van der Waals surface area contributed by atoms with Crippen molar-refractivity contribution in [2.24, 2.45) is 12.8 Å². The maximum Gasteiger partial charge on any atom is 0.150 e. The minimum atomic E-state index is 0.525. The fourth-order valence-electron chi connectivity index (χ4n) is 2.21. The molecular weight excluding hydrogens is 242 g/mol. The molecule has 2 heterocycles. The van der Waals surface area contributed by atoms with Gasteiger partial charge in [0.05, 0.1) is 15.9 Å². The number of rotatable bonds is 2. The van der Waals surface area contributed by atoms with Crippen molar-refractivity contribution >= 4 is 22.4 Å². The van der Waals surface area contributed by atoms with Crippen LogP contribution in [-0.4, -0.2) is 9.55 Å². The molecule has 3 rings (SSSR count). The Morgan fingerprint density at radius 3 is 2.78 bits per heavy atom. The van der Waals surface area contributed by atoms with E-state index in [9.17, 15) is 0 Å². The van der Waals surface area contributed by atoms with Crippen molar-refractivity contribution in [1.82, 2.24) is 9.55 Å². The molecule has 0 saturated heterocycles. The van der Waals surface area contributed by atoms with Gasteiger partial charge in [0.1, 0.15) is 0 Å². The van der Waals surface area contributed by atoms with Crippen LogP contribution < -0.4 is 5.73 Å². The van der Waals surface area contributed by atoms with Gasteiger partial charge < -0.3 is 10.3 Å². The van der Waals surface area contributed by atoms with Gasteiger partial charge in [0.25, 0.3) is 0 Å². The highest BCUT2D eigenvalue weighted by Crippen LogP contribution is 2.30. The molecule has 0 radical (unpaired) electrons. The first-order valence-electron chi connectivity index (χ1n) is 5.92. The van der Waals surface area contributed by atoms with Crippen LogP contribution in [0.3, 0.4) is 0 Å². The van der Waals surface area contributed by atoms with Gasteiger partial charge in [0.15, 0.2) is 5.82 Å². The quantitative estimate of drug-likeness (QED) is 0.766. The second kappa shape index (κ2) is 4.23. The number of aromatic nitrogens is 2. The molecule has 0 spiro atoms. The van der Waals surface area contributed by atoms with E-state index >= 15 is 0 Å². The Balaban J connectivity index is 2.28. The number of hydrogen-bond acceptors (Lipinski definition) is 3. The van der Waals surface area contributed by atoms with Crippen molar-refractivity contribution in [3.05, 3.63) is 40.8 Å². The molecule has 0 aliphatic heterocycles. The monoisotopic (exact) mass is 257 g/mol. The highest BCUT2D eigenvalue weighted by Gasteiger charge is 2.13. The van der Waals surface area contributed by atoms with E-state index < -0.39 is 0 Å². The normalized spacial score (nSPS) is 11.3. The van der Waals surface area contributed by atoms with E-state index in [1.807, 2.05) is 12.1 Å². The van der Waals surface area contributed by atoms with Crippen molar-refractivity contribution in [2.75, 3.05) is 0 Å². The maximum atomic E-state index is 5.77. The van der Waals surface area contributed by atoms with Crippen LogP contribution in [0.5, 0.6) is 0 Å². The molecule has 1 aromatic carbocycles. The summed E-state index contributed by atoms with van der Waals surface area (Å²) in [6, 6.07) is 10.4. The lowest BCUT2D eigenvalue weighted by Gasteiger charge is -1.99. The van der Waals surface area contributed by atoms with Gasteiger partial charge in [-0.25, -0.2) is 4.98 Å². The van der Waals surface area contributed by atoms with E-state index in [1.165, 1.54) is 9.75 Å². The molecule has 0 unspecified atom stereocenters. The van der Waals surface area contributed by atoms with Gasteiger partial charge in [0, 0.05) is 18.5 Å². The predicted molar refractivity (Wildman–Crippen MR) is 76.7 cm³/mol. The second-order valence-electron chi connectivity index (χ2n) is 4.39. The summed E-state index contributed by atoms with van der Waals surface area (Å²) in [6.07, 6.45) is 0. The summed E-state index contributed by atoms with van der Waals surface area (Å²) < 4.78 is 2.14. The van der Waals surface area contributed by atoms with E-state index in [2.05, 4.69) is 36.7 Å². The Labute approximate surface area is 110 Å². The van der Waals surface area contributed by atoms with Gasteiger partial charge in [-0.15, -0.1) is 11.3 Å². The molecule has 0 saturated carbocycles. The zero-order valence-electron chi connectivity index (χ0n) is 10.5. The first-order valence-corrected chi connectivity index (χ1v) is 6.73. The summed E-state index contributed by atoms with van der Waals surface area (Å²) in [4.78, 5) is 7.26. The van der Waals surface area contributed by atoms with E-state index in [0.717, 1.165) is 22.4 Å². The molecule has 3 nitrogen and oxygen atoms in total. The molecule has 92 valence electrons. The van der Waals surface area contributed by atoms with Gasteiger partial charge in [0.2, 0.25) is 0 Å². The van der Waals surface area contributed by atoms with Crippen LogP contribution in [0.1, 0.15) is 10.4 Å². The summed E-state index contributed by atoms with van der Waals surface area (Å²) in [6.45, 7) is 2.64. The van der Waals surface area contributed by atoms with Gasteiger partial charge in [-0.3, -0.25) is 0 Å². The zero-order chi connectivity index (χ0) is 12.7. The average Bonchev–Trinajstić information content (AvgIpc) is 2.94. The van der Waals surface area contributed by atoms with Gasteiger partial charge in [-0.1, -0.05) is 12.1 Å². The van der Waals surface area contributed by atoms with E-state index in [-0.39, 0.29) is 0 Å². The average molecular weight is 257 g/mol. The summed E-state index contributed by atoms with van der Waals surface area (Å²) in [7, 11) is 2.06. The summed E-state index contributed by atoms with van der Waals surface area (Å²) in [5.41, 5.74) is 9.03. The molecule has 0 bridgehead atoms. The van der Waals surface area contributed by atoms with Crippen molar-refractivity contribution in [2.45, 2.75) is 13.5 Å². The maximum absolute atomic E-state index is 5.77. The SMILES string of the molecule is Cc1ccc(-c2nc3c(CN)cccc3n2C)s1. The number of hydrogen-bond donors (Lipinski definition) is 1. The summed E-state index contributed by atoms with van der Waals surface area (Å²) in [5.74, 6) is 1.02. The Morgan fingerprint density at radius 2 is 2.11 bits per heavy atom. The fourth-order valence-corrected chi connectivity index (χ4v) is 3.11. The van der Waals surface area contributed by atoms with E-state index in [0.29, 0.717) is 6.54 Å². The molecule has 4 heteroatoms. The van der Waals surface area contributed by atoms with Crippen LogP contribution in [0.4, 0.5) is 0 Å². The molecule has 0 atom stereocenters. The summed E-state index contributed by atoms with van der Waals surface area (Å²) in [5, 5.41) is 0. The Morgan fingerprint density at radius 1 is 1.28 bits per heavy atom. The Kier molecular flexibility index (Phi) is 2.69. The lowest BCUT2D eigenvalue weighted by molar-refractivity contribution is 0.963. The first kappa shape index (κ1) is 11.4. The van der Waals surface area contributed by atoms with E-state index in [1.54, 1.807) is 11.3 Å². The van der Waals surface area contributed by atoms with Crippen LogP contribution in [-0.2, 0) is 13.6 Å². The number of nitrogens with two attached hydrogens (primary N) is 1. The smallest absolute Gasteiger partial charge is 0.150 e. The number of nitrogens with zero attached hydrogens (tertiary/aromatic N) is 2. The van der Waals surface area contributed by atoms with Crippen LogP contribution in [0, 0.1) is 6.92 Å². The highest BCUT2D eigenvalue weighted by molar-refractivity contribution is 7.15. The zero-order valence-corrected chi connectivity index (χ0v) is 11.3. The third-order valence-corrected chi connectivity index (χ3v) is 4.17. The van der Waals surface area contributed by atoms with Crippen molar-refractivity contribution in [3.63, 3.8) is 0 Å². The topological polar surface area (TPSA) is 43.8 Å². The molecule has 0 fully saturated rings. The number of fused-ring (bicyclic) bond motifs is 1. The van der Waals surface area contributed by atoms with Crippen LogP contribution in [0.15, 0.2) is 30.3 Å². The number of benzene rings is 1. The summed E-state index contributed by atoms with van der Waals surface area (Å²) >= 11 is 1.77. The number of aryl methyl sites for hydroxylation is 2. The molecule has 3 aromatic rings. The fraction of sp³-hybridized carbons (Fsp3) is 0.214. The van der Waals surface area contributed by atoms with Crippen LogP contribution >= 0.6 is 11.3 Å². The number of para-hydroxylation sites is 1. The van der Waals surface area contributed by atoms with Gasteiger partial charge >= 0.3 is 0 Å². The number of thiophene rings is 1.